The van der Waals surface area contributed by atoms with Gasteiger partial charge in [-0.1, -0.05) is 44.2 Å². The van der Waals surface area contributed by atoms with Gasteiger partial charge in [0, 0.05) is 56.1 Å². The molecule has 3 aromatic rings. The third-order valence-corrected chi connectivity index (χ3v) is 18.7. The van der Waals surface area contributed by atoms with Crippen molar-refractivity contribution in [2.24, 2.45) is 46.3 Å². The number of phenolic OH excluding ortho intramolecular Hbond substituents is 2. The van der Waals surface area contributed by atoms with E-state index in [2.05, 4.69) is 19.2 Å². The summed E-state index contributed by atoms with van der Waals surface area (Å²) >= 11 is 0. The van der Waals surface area contributed by atoms with E-state index in [0.29, 0.717) is 109 Å². The summed E-state index contributed by atoms with van der Waals surface area (Å²) in [7, 11) is 3.21. The molecule has 1 aliphatic heterocycles. The number of piperidine rings is 1. The van der Waals surface area contributed by atoms with Gasteiger partial charge in [-0.25, -0.2) is 0 Å². The van der Waals surface area contributed by atoms with Gasteiger partial charge in [-0.05, 0) is 196 Å². The molecule has 0 bridgehead atoms. The van der Waals surface area contributed by atoms with Crippen molar-refractivity contribution in [3.8, 4) is 23.0 Å². The monoisotopic (exact) mass is 929 g/mol. The van der Waals surface area contributed by atoms with E-state index in [4.69, 9.17) is 9.47 Å². The smallest absolute Gasteiger partial charge is 0.222 e. The van der Waals surface area contributed by atoms with Crippen molar-refractivity contribution in [1.82, 2.24) is 10.2 Å². The number of rotatable bonds is 12. The summed E-state index contributed by atoms with van der Waals surface area (Å²) in [6, 6.07) is 17.8. The summed E-state index contributed by atoms with van der Waals surface area (Å²) in [5.41, 5.74) is 5.75. The predicted molar refractivity (Wildman–Crippen MR) is 263 cm³/mol. The van der Waals surface area contributed by atoms with Crippen molar-refractivity contribution in [1.29, 1.82) is 0 Å². The van der Waals surface area contributed by atoms with E-state index in [0.717, 1.165) is 109 Å². The minimum Gasteiger partial charge on any atom is -0.504 e. The van der Waals surface area contributed by atoms with Crippen LogP contribution in [-0.2, 0) is 38.6 Å². The summed E-state index contributed by atoms with van der Waals surface area (Å²) in [5, 5.41) is 23.6. The van der Waals surface area contributed by atoms with Crippen molar-refractivity contribution in [3.05, 3.63) is 82.4 Å². The molecule has 4 saturated carbocycles. The maximum atomic E-state index is 13.2. The van der Waals surface area contributed by atoms with Crippen molar-refractivity contribution in [2.45, 2.75) is 154 Å². The Bertz CT molecular complexity index is 2340. The Hall–Kier alpha value is -4.86. The Morgan fingerprint density at radius 3 is 1.69 bits per heavy atom. The minimum atomic E-state index is -0.236. The molecular formula is C58H76N2O8. The number of likely N-dealkylation sites (tertiary alicyclic amines) is 1. The number of carbonyl (C=O) groups excluding carboxylic acids is 4. The first-order chi connectivity index (χ1) is 32.8. The number of nitrogens with zero attached hydrogens (tertiary/aromatic N) is 1. The first kappa shape index (κ1) is 48.2. The predicted octanol–water partition coefficient (Wildman–Crippen LogP) is 10.8. The SMILES string of the molecule is COc1cc2c(cc1O)CC[C@H]1[C@@H]3[C@@H](CCCC(=O)N4CCCCC4)CC(=O)[C@@]3(C)CC[C@H]21.COc1cc2c(cc1O)CC[C@H]1[C@@H]3[C@@H](CCCC(=O)NCc4ccccc4)CC(=O)[C@@]3(C)CC[C@H]21. The average Bonchev–Trinajstić information content (AvgIpc) is 3.76. The lowest BCUT2D eigenvalue weighted by molar-refractivity contribution is -0.132. The molecule has 1 heterocycles. The second-order valence-electron chi connectivity index (χ2n) is 22.3. The van der Waals surface area contributed by atoms with E-state index in [1.165, 1.54) is 28.7 Å². The highest BCUT2D eigenvalue weighted by Crippen LogP contribution is 2.64. The second-order valence-corrected chi connectivity index (χ2v) is 22.3. The van der Waals surface area contributed by atoms with Gasteiger partial charge in [-0.2, -0.15) is 0 Å². The van der Waals surface area contributed by atoms with Crippen molar-refractivity contribution in [3.63, 3.8) is 0 Å². The maximum absolute atomic E-state index is 13.2. The summed E-state index contributed by atoms with van der Waals surface area (Å²) in [6.45, 7) is 6.83. The number of aryl methyl sites for hydroxylation is 2. The molecule has 10 nitrogen and oxygen atoms in total. The number of amides is 2. The van der Waals surface area contributed by atoms with Crippen molar-refractivity contribution in [2.75, 3.05) is 27.3 Å². The second kappa shape index (κ2) is 20.2. The molecule has 7 aliphatic rings. The van der Waals surface area contributed by atoms with E-state index in [9.17, 15) is 29.4 Å². The first-order valence-electron chi connectivity index (χ1n) is 26.3. The largest absolute Gasteiger partial charge is 0.504 e. The van der Waals surface area contributed by atoms with Gasteiger partial charge < -0.3 is 29.9 Å². The van der Waals surface area contributed by atoms with Crippen molar-refractivity contribution < 1.29 is 38.9 Å². The van der Waals surface area contributed by atoms with Crippen LogP contribution in [0.1, 0.15) is 163 Å². The van der Waals surface area contributed by atoms with Crippen LogP contribution in [0.4, 0.5) is 0 Å². The molecule has 5 fully saturated rings. The highest BCUT2D eigenvalue weighted by atomic mass is 16.5. The molecule has 1 saturated heterocycles. The van der Waals surface area contributed by atoms with Gasteiger partial charge in [0.05, 0.1) is 14.2 Å². The maximum Gasteiger partial charge on any atom is 0.222 e. The highest BCUT2D eigenvalue weighted by Gasteiger charge is 2.60. The molecule has 2 amide bonds. The molecule has 10 rings (SSSR count). The number of carbonyl (C=O) groups is 4. The number of nitrogens with one attached hydrogen (secondary N) is 1. The molecule has 10 atom stereocenters. The summed E-state index contributed by atoms with van der Waals surface area (Å²) < 4.78 is 10.8. The number of hydrogen-bond acceptors (Lipinski definition) is 8. The fourth-order valence-corrected chi connectivity index (χ4v) is 15.4. The molecular weight excluding hydrogens is 853 g/mol. The molecule has 366 valence electrons. The Balaban J connectivity index is 0.000000170. The third kappa shape index (κ3) is 9.31. The van der Waals surface area contributed by atoms with E-state index in [-0.39, 0.29) is 28.2 Å². The van der Waals surface area contributed by atoms with E-state index in [1.54, 1.807) is 14.2 Å². The Morgan fingerprint density at radius 2 is 1.19 bits per heavy atom. The van der Waals surface area contributed by atoms with E-state index >= 15 is 0 Å². The van der Waals surface area contributed by atoms with E-state index < -0.39 is 0 Å². The normalized spacial score (nSPS) is 31.1. The van der Waals surface area contributed by atoms with Crippen LogP contribution >= 0.6 is 0 Å². The highest BCUT2D eigenvalue weighted by molar-refractivity contribution is 5.88. The number of phenols is 2. The minimum absolute atomic E-state index is 0.0842. The van der Waals surface area contributed by atoms with Gasteiger partial charge in [-0.3, -0.25) is 19.2 Å². The number of benzene rings is 3. The van der Waals surface area contributed by atoms with Crippen LogP contribution in [0.25, 0.3) is 0 Å². The van der Waals surface area contributed by atoms with Crippen LogP contribution in [0.2, 0.25) is 0 Å². The van der Waals surface area contributed by atoms with Crippen LogP contribution in [0, 0.1) is 46.3 Å². The standard InChI is InChI=1S/C30H37NO4.C28H39NO4/c1-30-14-13-22-23(12-11-20-15-25(32)26(35-2)17-24(20)22)29(30)21(16-27(30)33)9-6-10-28(34)31-18-19-7-4-3-5-8-19;1-28-12-11-20-21(10-9-18-15-23(30)24(33-2)17-22(18)20)27(28)19(16-25(28)31)7-6-8-26(32)29-13-4-3-5-14-29/h3-5,7-8,15,17,21-23,29,32H,6,9-14,16,18H2,1-2H3,(H,31,34);15,17,19-21,27,30H,3-14,16H2,1-2H3/t21-,22-,23+,29-,30+;19-,20-,21+,27-,28+/m00/s1. The number of ketones is 2. The van der Waals surface area contributed by atoms with Gasteiger partial charge in [-0.15, -0.1) is 0 Å². The lowest BCUT2D eigenvalue weighted by Crippen LogP contribution is -2.44. The van der Waals surface area contributed by atoms with Crippen molar-refractivity contribution >= 4 is 23.4 Å². The van der Waals surface area contributed by atoms with Crippen LogP contribution in [0.15, 0.2) is 54.6 Å². The van der Waals surface area contributed by atoms with Crippen LogP contribution < -0.4 is 14.8 Å². The zero-order valence-electron chi connectivity index (χ0n) is 41.2. The van der Waals surface area contributed by atoms with Crippen LogP contribution in [-0.4, -0.2) is 65.8 Å². The molecule has 10 heteroatoms. The Kier molecular flexibility index (Phi) is 14.3. The van der Waals surface area contributed by atoms with Gasteiger partial charge in [0.1, 0.15) is 11.6 Å². The number of ether oxygens (including phenoxy) is 2. The fraction of sp³-hybridized carbons (Fsp3) is 0.621. The molecule has 0 unspecified atom stereocenters. The molecule has 3 aromatic carbocycles. The zero-order chi connectivity index (χ0) is 47.7. The lowest BCUT2D eigenvalue weighted by atomic mass is 9.54. The Labute approximate surface area is 404 Å². The lowest BCUT2D eigenvalue weighted by Gasteiger charge is -2.50. The molecule has 68 heavy (non-hydrogen) atoms. The summed E-state index contributed by atoms with van der Waals surface area (Å²) in [6.07, 6.45) is 17.6. The van der Waals surface area contributed by atoms with Gasteiger partial charge in [0.2, 0.25) is 11.8 Å². The molecule has 0 spiro atoms. The van der Waals surface area contributed by atoms with E-state index in [1.807, 2.05) is 59.5 Å². The summed E-state index contributed by atoms with van der Waals surface area (Å²) in [5.74, 6) is 6.13. The zero-order valence-corrected chi connectivity index (χ0v) is 41.2. The van der Waals surface area contributed by atoms with Crippen LogP contribution in [0.5, 0.6) is 23.0 Å². The fourth-order valence-electron chi connectivity index (χ4n) is 15.4. The van der Waals surface area contributed by atoms with Gasteiger partial charge in [0.15, 0.2) is 23.0 Å². The number of methoxy groups -OCH3 is 2. The van der Waals surface area contributed by atoms with Crippen LogP contribution in [0.3, 0.4) is 0 Å². The average molecular weight is 929 g/mol. The Morgan fingerprint density at radius 1 is 0.691 bits per heavy atom. The molecule has 0 radical (unpaired) electrons. The molecule has 3 N–H and O–H groups in total. The van der Waals surface area contributed by atoms with Gasteiger partial charge in [0.25, 0.3) is 0 Å². The number of aromatic hydroxyl groups is 2. The number of hydrogen-bond donors (Lipinski definition) is 3. The quantitative estimate of drug-likeness (QED) is 0.163. The van der Waals surface area contributed by atoms with Gasteiger partial charge >= 0.3 is 0 Å². The number of fused-ring (bicyclic) bond motifs is 10. The topological polar surface area (TPSA) is 142 Å². The summed E-state index contributed by atoms with van der Waals surface area (Å²) in [4.78, 5) is 53.6. The first-order valence-corrected chi connectivity index (χ1v) is 26.3. The number of Topliss-reactive ketones (excluding diaryl/α,β-unsaturated/α-hetero) is 2. The molecule has 0 aromatic heterocycles. The third-order valence-electron chi connectivity index (χ3n) is 18.7. The molecule has 6 aliphatic carbocycles.